The lowest BCUT2D eigenvalue weighted by Gasteiger charge is -2.34. The van der Waals surface area contributed by atoms with Crippen molar-refractivity contribution in [3.8, 4) is 0 Å². The van der Waals surface area contributed by atoms with Gasteiger partial charge in [-0.1, -0.05) is 17.7 Å². The Morgan fingerprint density at radius 3 is 2.63 bits per heavy atom. The van der Waals surface area contributed by atoms with Crippen LogP contribution in [0.1, 0.15) is 17.0 Å². The second-order valence-electron chi connectivity index (χ2n) is 6.90. The molecule has 0 saturated carbocycles. The van der Waals surface area contributed by atoms with Gasteiger partial charge in [-0.3, -0.25) is 4.79 Å². The number of halogens is 1. The third-order valence-corrected chi connectivity index (χ3v) is 5.04. The zero-order chi connectivity index (χ0) is 20.9. The molecule has 1 aliphatic rings. The summed E-state index contributed by atoms with van der Waals surface area (Å²) in [5.41, 5.74) is 1.80. The predicted octanol–water partition coefficient (Wildman–Crippen LogP) is 1.84. The first-order valence-electron chi connectivity index (χ1n) is 9.60. The van der Waals surface area contributed by atoms with E-state index in [4.69, 9.17) is 11.6 Å². The Bertz CT molecular complexity index is 1040. The average Bonchev–Trinajstić information content (AvgIpc) is 3.18. The molecule has 0 N–H and O–H groups in total. The van der Waals surface area contributed by atoms with Crippen molar-refractivity contribution in [1.82, 2.24) is 35.1 Å². The topological polar surface area (TPSA) is 92.9 Å². The fourth-order valence-electron chi connectivity index (χ4n) is 3.26. The van der Waals surface area contributed by atoms with Crippen LogP contribution in [0.15, 0.2) is 42.7 Å². The van der Waals surface area contributed by atoms with Gasteiger partial charge in [0, 0.05) is 49.7 Å². The number of anilines is 1. The van der Waals surface area contributed by atoms with Crippen LogP contribution in [0.4, 0.5) is 5.95 Å². The van der Waals surface area contributed by atoms with Crippen molar-refractivity contribution in [3.05, 3.63) is 64.7 Å². The Morgan fingerprint density at radius 1 is 1.17 bits per heavy atom. The Hall–Kier alpha value is -3.33. The number of tetrazole rings is 1. The molecule has 0 unspecified atom stereocenters. The number of rotatable bonds is 5. The average molecular weight is 425 g/mol. The van der Waals surface area contributed by atoms with Gasteiger partial charge in [0.1, 0.15) is 0 Å². The third kappa shape index (κ3) is 4.80. The van der Waals surface area contributed by atoms with Crippen LogP contribution in [0.3, 0.4) is 0 Å². The van der Waals surface area contributed by atoms with E-state index in [-0.39, 0.29) is 5.91 Å². The van der Waals surface area contributed by atoms with Crippen LogP contribution in [0, 0.1) is 6.92 Å². The minimum atomic E-state index is -0.0285. The molecule has 0 atom stereocenters. The number of benzene rings is 1. The zero-order valence-electron chi connectivity index (χ0n) is 16.5. The Kier molecular flexibility index (Phi) is 5.99. The molecule has 10 heteroatoms. The highest BCUT2D eigenvalue weighted by Crippen LogP contribution is 2.19. The minimum Gasteiger partial charge on any atom is -0.337 e. The van der Waals surface area contributed by atoms with Gasteiger partial charge in [-0.2, -0.15) is 4.80 Å². The quantitative estimate of drug-likeness (QED) is 0.577. The summed E-state index contributed by atoms with van der Waals surface area (Å²) in [7, 11) is 0. The maximum atomic E-state index is 12.7. The molecule has 2 aromatic heterocycles. The standard InChI is InChI=1S/C20H21ClN8O/c1-15-24-26-29(25-15)14-17-13-18(21)5-3-16(17)4-6-19(30)27-9-11-28(12-10-27)20-22-7-2-8-23-20/h2-8,13H,9-12,14H2,1H3/b6-4+. The Morgan fingerprint density at radius 2 is 1.93 bits per heavy atom. The fourth-order valence-corrected chi connectivity index (χ4v) is 3.46. The minimum absolute atomic E-state index is 0.0285. The molecule has 4 rings (SSSR count). The normalized spacial score (nSPS) is 14.5. The van der Waals surface area contributed by atoms with Crippen molar-refractivity contribution in [3.63, 3.8) is 0 Å². The number of hydrogen-bond donors (Lipinski definition) is 0. The molecule has 3 aromatic rings. The van der Waals surface area contributed by atoms with E-state index < -0.39 is 0 Å². The SMILES string of the molecule is Cc1nnn(Cc2cc(Cl)ccc2/C=C/C(=O)N2CCN(c3ncccn3)CC2)n1. The number of hydrogen-bond acceptors (Lipinski definition) is 7. The highest BCUT2D eigenvalue weighted by molar-refractivity contribution is 6.30. The van der Waals surface area contributed by atoms with Crippen LogP contribution in [0.2, 0.25) is 5.02 Å². The molecule has 9 nitrogen and oxygen atoms in total. The number of aromatic nitrogens is 6. The molecule has 154 valence electrons. The van der Waals surface area contributed by atoms with Crippen molar-refractivity contribution < 1.29 is 4.79 Å². The molecule has 30 heavy (non-hydrogen) atoms. The lowest BCUT2D eigenvalue weighted by Crippen LogP contribution is -2.48. The summed E-state index contributed by atoms with van der Waals surface area (Å²) in [6, 6.07) is 7.33. The van der Waals surface area contributed by atoms with Gasteiger partial charge in [-0.25, -0.2) is 9.97 Å². The summed E-state index contributed by atoms with van der Waals surface area (Å²) in [5, 5.41) is 12.7. The van der Waals surface area contributed by atoms with Gasteiger partial charge in [0.2, 0.25) is 11.9 Å². The summed E-state index contributed by atoms with van der Waals surface area (Å²) in [4.78, 5) is 26.6. The van der Waals surface area contributed by atoms with E-state index in [0.717, 1.165) is 11.1 Å². The van der Waals surface area contributed by atoms with Crippen molar-refractivity contribution in [2.45, 2.75) is 13.5 Å². The number of aryl methyl sites for hydroxylation is 1. The van der Waals surface area contributed by atoms with Crippen molar-refractivity contribution in [2.24, 2.45) is 0 Å². The lowest BCUT2D eigenvalue weighted by atomic mass is 10.1. The summed E-state index contributed by atoms with van der Waals surface area (Å²) in [6.07, 6.45) is 6.86. The second-order valence-corrected chi connectivity index (χ2v) is 7.34. The first kappa shape index (κ1) is 20.0. The highest BCUT2D eigenvalue weighted by Gasteiger charge is 2.21. The highest BCUT2D eigenvalue weighted by atomic mass is 35.5. The number of nitrogens with zero attached hydrogens (tertiary/aromatic N) is 8. The predicted molar refractivity (Wildman–Crippen MR) is 113 cm³/mol. The summed E-state index contributed by atoms with van der Waals surface area (Å²) >= 11 is 6.16. The molecule has 0 bridgehead atoms. The molecule has 0 aliphatic carbocycles. The van der Waals surface area contributed by atoms with Gasteiger partial charge >= 0.3 is 0 Å². The second kappa shape index (κ2) is 9.00. The molecule has 0 radical (unpaired) electrons. The molecule has 1 fully saturated rings. The van der Waals surface area contributed by atoms with E-state index in [1.807, 2.05) is 23.1 Å². The first-order valence-corrected chi connectivity index (χ1v) is 9.98. The molecule has 1 aliphatic heterocycles. The molecular formula is C20H21ClN8O. The molecule has 1 aromatic carbocycles. The molecule has 0 spiro atoms. The molecule has 1 saturated heterocycles. The van der Waals surface area contributed by atoms with E-state index in [2.05, 4.69) is 30.3 Å². The Balaban J connectivity index is 1.41. The molecule has 1 amide bonds. The third-order valence-electron chi connectivity index (χ3n) is 4.80. The zero-order valence-corrected chi connectivity index (χ0v) is 17.3. The van der Waals surface area contributed by atoms with Crippen LogP contribution in [0.25, 0.3) is 6.08 Å². The lowest BCUT2D eigenvalue weighted by molar-refractivity contribution is -0.126. The van der Waals surface area contributed by atoms with Crippen molar-refractivity contribution in [2.75, 3.05) is 31.1 Å². The monoisotopic (exact) mass is 424 g/mol. The number of piperazine rings is 1. The molecule has 3 heterocycles. The Labute approximate surface area is 179 Å². The summed E-state index contributed by atoms with van der Waals surface area (Å²) in [5.74, 6) is 1.27. The number of carbonyl (C=O) groups excluding carboxylic acids is 1. The molecular weight excluding hydrogens is 404 g/mol. The maximum Gasteiger partial charge on any atom is 0.246 e. The number of amides is 1. The van der Waals surface area contributed by atoms with Gasteiger partial charge < -0.3 is 9.80 Å². The smallest absolute Gasteiger partial charge is 0.246 e. The van der Waals surface area contributed by atoms with E-state index in [9.17, 15) is 4.79 Å². The van der Waals surface area contributed by atoms with Gasteiger partial charge in [-0.05, 0) is 47.5 Å². The van der Waals surface area contributed by atoms with E-state index in [1.165, 1.54) is 4.80 Å². The van der Waals surface area contributed by atoms with Crippen molar-refractivity contribution in [1.29, 1.82) is 0 Å². The van der Waals surface area contributed by atoms with Crippen LogP contribution in [-0.2, 0) is 11.3 Å². The largest absolute Gasteiger partial charge is 0.337 e. The van der Waals surface area contributed by atoms with E-state index in [0.29, 0.717) is 49.5 Å². The van der Waals surface area contributed by atoms with Gasteiger partial charge in [0.15, 0.2) is 5.82 Å². The van der Waals surface area contributed by atoms with Crippen LogP contribution < -0.4 is 4.90 Å². The summed E-state index contributed by atoms with van der Waals surface area (Å²) < 4.78 is 0. The fraction of sp³-hybridized carbons (Fsp3) is 0.300. The van der Waals surface area contributed by atoms with Gasteiger partial charge in [-0.15, -0.1) is 10.2 Å². The van der Waals surface area contributed by atoms with E-state index >= 15 is 0 Å². The van der Waals surface area contributed by atoms with Crippen LogP contribution in [-0.4, -0.2) is 67.2 Å². The maximum absolute atomic E-state index is 12.7. The summed E-state index contributed by atoms with van der Waals surface area (Å²) in [6.45, 7) is 4.85. The number of carbonyl (C=O) groups is 1. The van der Waals surface area contributed by atoms with Gasteiger partial charge in [0.05, 0.1) is 6.54 Å². The van der Waals surface area contributed by atoms with Crippen molar-refractivity contribution >= 4 is 29.5 Å². The first-order chi connectivity index (χ1) is 14.6. The van der Waals surface area contributed by atoms with Gasteiger partial charge in [0.25, 0.3) is 0 Å². The van der Waals surface area contributed by atoms with Crippen LogP contribution in [0.5, 0.6) is 0 Å². The van der Waals surface area contributed by atoms with Crippen LogP contribution >= 0.6 is 11.6 Å². The van der Waals surface area contributed by atoms with E-state index in [1.54, 1.807) is 37.5 Å².